The fourth-order valence-corrected chi connectivity index (χ4v) is 6.31. The largest absolute Gasteiger partial charge is 0.508 e. The predicted octanol–water partition coefficient (Wildman–Crippen LogP) is 4.66. The maximum atomic E-state index is 10.0. The van der Waals surface area contributed by atoms with Crippen LogP contribution in [0.2, 0.25) is 0 Å². The molecule has 1 aromatic heterocycles. The molecule has 0 spiro atoms. The van der Waals surface area contributed by atoms with Gasteiger partial charge in [-0.2, -0.15) is 10.2 Å². The number of nitrogens with one attached hydrogen (secondary N) is 3. The van der Waals surface area contributed by atoms with E-state index in [0.717, 1.165) is 63.7 Å². The first-order valence-corrected chi connectivity index (χ1v) is 13.7. The van der Waals surface area contributed by atoms with E-state index in [0.29, 0.717) is 41.6 Å². The molecule has 2 aliphatic carbocycles. The molecule has 1 aromatic carbocycles. The van der Waals surface area contributed by atoms with Crippen molar-refractivity contribution in [2.75, 3.05) is 30.3 Å². The van der Waals surface area contributed by atoms with Crippen LogP contribution in [0, 0.1) is 34.5 Å². The average molecular weight is 507 g/mol. The Morgan fingerprint density at radius 3 is 2.59 bits per heavy atom. The van der Waals surface area contributed by atoms with Crippen molar-refractivity contribution < 1.29 is 10.2 Å². The Balaban J connectivity index is 1.31. The number of aromatic hydroxyl groups is 1. The van der Waals surface area contributed by atoms with E-state index >= 15 is 0 Å². The number of aliphatic hydroxyl groups is 1. The summed E-state index contributed by atoms with van der Waals surface area (Å²) < 4.78 is 0. The van der Waals surface area contributed by atoms with Gasteiger partial charge in [0, 0.05) is 18.7 Å². The normalized spacial score (nSPS) is 27.8. The Hall–Kier alpha value is -2.89. The van der Waals surface area contributed by atoms with Gasteiger partial charge in [0.1, 0.15) is 23.2 Å². The lowest BCUT2D eigenvalue weighted by Crippen LogP contribution is -2.40. The Morgan fingerprint density at radius 2 is 1.84 bits per heavy atom. The molecule has 2 saturated carbocycles. The van der Waals surface area contributed by atoms with Gasteiger partial charge in [0.05, 0.1) is 12.3 Å². The number of rotatable bonds is 10. The molecule has 0 bridgehead atoms. The SMILES string of the molecule is CC1C[C@@H](CNCC2CCC(O)CC2)C[C@](C)(CNc2nc(NCc3ccccc3O)ncc2C#N)C1. The summed E-state index contributed by atoms with van der Waals surface area (Å²) in [6, 6.07) is 9.37. The maximum absolute atomic E-state index is 10.0. The van der Waals surface area contributed by atoms with Crippen molar-refractivity contribution in [3.8, 4) is 11.8 Å². The minimum absolute atomic E-state index is 0.0933. The molecule has 5 N–H and O–H groups in total. The smallest absolute Gasteiger partial charge is 0.224 e. The van der Waals surface area contributed by atoms with Crippen LogP contribution in [0.25, 0.3) is 0 Å². The molecule has 1 unspecified atom stereocenters. The topological polar surface area (TPSA) is 126 Å². The molecule has 0 aliphatic heterocycles. The molecule has 37 heavy (non-hydrogen) atoms. The van der Waals surface area contributed by atoms with Gasteiger partial charge in [-0.15, -0.1) is 0 Å². The first kappa shape index (κ1) is 27.2. The number of hydrogen-bond acceptors (Lipinski definition) is 8. The van der Waals surface area contributed by atoms with Crippen molar-refractivity contribution in [3.05, 3.63) is 41.6 Å². The Kier molecular flexibility index (Phi) is 9.23. The second-order valence-corrected chi connectivity index (χ2v) is 11.7. The zero-order chi connectivity index (χ0) is 26.3. The molecule has 2 fully saturated rings. The van der Waals surface area contributed by atoms with Crippen LogP contribution in [0.5, 0.6) is 5.75 Å². The van der Waals surface area contributed by atoms with Gasteiger partial charge in [0.15, 0.2) is 0 Å². The number of hydrogen-bond donors (Lipinski definition) is 5. The third-order valence-corrected chi connectivity index (χ3v) is 8.06. The number of aromatic nitrogens is 2. The highest BCUT2D eigenvalue weighted by atomic mass is 16.3. The van der Waals surface area contributed by atoms with Crippen molar-refractivity contribution in [1.82, 2.24) is 15.3 Å². The minimum atomic E-state index is -0.0933. The van der Waals surface area contributed by atoms with Crippen molar-refractivity contribution in [3.63, 3.8) is 0 Å². The molecular formula is C29H42N6O2. The quantitative estimate of drug-likeness (QED) is 0.315. The first-order valence-electron chi connectivity index (χ1n) is 13.7. The number of nitriles is 1. The van der Waals surface area contributed by atoms with Crippen LogP contribution in [-0.4, -0.2) is 45.9 Å². The van der Waals surface area contributed by atoms with Crippen molar-refractivity contribution in [1.29, 1.82) is 5.26 Å². The highest BCUT2D eigenvalue weighted by Gasteiger charge is 2.35. The molecule has 3 atom stereocenters. The second kappa shape index (κ2) is 12.6. The minimum Gasteiger partial charge on any atom is -0.508 e. The number of aliphatic hydroxyl groups excluding tert-OH is 1. The van der Waals surface area contributed by atoms with Gasteiger partial charge in [-0.1, -0.05) is 32.0 Å². The lowest BCUT2D eigenvalue weighted by molar-refractivity contribution is 0.104. The summed E-state index contributed by atoms with van der Waals surface area (Å²) in [5.74, 6) is 3.15. The fraction of sp³-hybridized carbons (Fsp3) is 0.621. The summed E-state index contributed by atoms with van der Waals surface area (Å²) in [6.07, 6.45) is 9.10. The molecular weight excluding hydrogens is 464 g/mol. The number of phenolic OH excluding ortho intramolecular Hbond substituents is 1. The first-order chi connectivity index (χ1) is 17.8. The lowest BCUT2D eigenvalue weighted by atomic mass is 9.66. The maximum Gasteiger partial charge on any atom is 0.224 e. The molecule has 200 valence electrons. The van der Waals surface area contributed by atoms with E-state index in [9.17, 15) is 15.5 Å². The third kappa shape index (κ3) is 7.80. The van der Waals surface area contributed by atoms with Crippen LogP contribution >= 0.6 is 0 Å². The molecule has 0 amide bonds. The summed E-state index contributed by atoms with van der Waals surface area (Å²) in [4.78, 5) is 8.86. The van der Waals surface area contributed by atoms with E-state index < -0.39 is 0 Å². The van der Waals surface area contributed by atoms with Gasteiger partial charge < -0.3 is 26.2 Å². The molecule has 2 aliphatic rings. The van der Waals surface area contributed by atoms with Crippen molar-refractivity contribution in [2.24, 2.45) is 23.2 Å². The summed E-state index contributed by atoms with van der Waals surface area (Å²) >= 11 is 0. The van der Waals surface area contributed by atoms with Gasteiger partial charge in [-0.05, 0) is 87.3 Å². The monoisotopic (exact) mass is 506 g/mol. The summed E-state index contributed by atoms with van der Waals surface area (Å²) in [7, 11) is 0. The van der Waals surface area contributed by atoms with Crippen molar-refractivity contribution >= 4 is 11.8 Å². The average Bonchev–Trinajstić information content (AvgIpc) is 2.88. The fourth-order valence-electron chi connectivity index (χ4n) is 6.31. The van der Waals surface area contributed by atoms with E-state index in [1.54, 1.807) is 18.3 Å². The predicted molar refractivity (Wildman–Crippen MR) is 146 cm³/mol. The lowest BCUT2D eigenvalue weighted by Gasteiger charge is -2.42. The number of phenols is 1. The highest BCUT2D eigenvalue weighted by molar-refractivity contribution is 5.53. The van der Waals surface area contributed by atoms with Crippen LogP contribution in [0.4, 0.5) is 11.8 Å². The Morgan fingerprint density at radius 1 is 1.08 bits per heavy atom. The zero-order valence-corrected chi connectivity index (χ0v) is 22.2. The Labute approximate surface area is 220 Å². The van der Waals surface area contributed by atoms with Gasteiger partial charge in [-0.3, -0.25) is 0 Å². The zero-order valence-electron chi connectivity index (χ0n) is 22.2. The van der Waals surface area contributed by atoms with Gasteiger partial charge in [0.25, 0.3) is 0 Å². The second-order valence-electron chi connectivity index (χ2n) is 11.7. The summed E-state index contributed by atoms with van der Waals surface area (Å²) in [5.41, 5.74) is 1.30. The molecule has 8 heteroatoms. The van der Waals surface area contributed by atoms with E-state index in [1.165, 1.54) is 6.42 Å². The number of nitrogens with zero attached hydrogens (tertiary/aromatic N) is 3. The van der Waals surface area contributed by atoms with E-state index in [1.807, 2.05) is 12.1 Å². The van der Waals surface area contributed by atoms with Gasteiger partial charge in [0.2, 0.25) is 5.95 Å². The van der Waals surface area contributed by atoms with Gasteiger partial charge >= 0.3 is 0 Å². The molecule has 1 heterocycles. The van der Waals surface area contributed by atoms with Crippen molar-refractivity contribution in [2.45, 2.75) is 71.4 Å². The molecule has 4 rings (SSSR count). The molecule has 0 radical (unpaired) electrons. The molecule has 2 aromatic rings. The van der Waals surface area contributed by atoms with Crippen LogP contribution in [0.1, 0.15) is 69.9 Å². The summed E-state index contributed by atoms with van der Waals surface area (Å²) in [5, 5.41) is 39.7. The van der Waals surface area contributed by atoms with E-state index in [4.69, 9.17) is 0 Å². The number of benzene rings is 1. The number of para-hydroxylation sites is 1. The van der Waals surface area contributed by atoms with Crippen LogP contribution in [0.15, 0.2) is 30.5 Å². The van der Waals surface area contributed by atoms with E-state index in [-0.39, 0.29) is 17.3 Å². The number of anilines is 2. The van der Waals surface area contributed by atoms with Gasteiger partial charge in [-0.25, -0.2) is 4.98 Å². The van der Waals surface area contributed by atoms with Crippen LogP contribution in [-0.2, 0) is 6.54 Å². The standard InChI is InChI=1S/C29H42N6O2/c1-20-11-22(16-31-15-21-7-9-25(36)10-8-21)13-29(2,12-20)19-34-27-24(14-30)18-33-28(35-27)32-17-23-5-3-4-6-26(23)37/h3-6,18,20-22,25,31,36-37H,7-13,15-17,19H2,1-2H3,(H2,32,33,34,35)/t20?,21?,22-,25?,29-/m1/s1. The van der Waals surface area contributed by atoms with Crippen LogP contribution in [0.3, 0.4) is 0 Å². The van der Waals surface area contributed by atoms with Crippen LogP contribution < -0.4 is 16.0 Å². The van der Waals surface area contributed by atoms with E-state index in [2.05, 4.69) is 45.8 Å². The third-order valence-electron chi connectivity index (χ3n) is 8.06. The molecule has 8 nitrogen and oxygen atoms in total. The Bertz CT molecular complexity index is 1060. The highest BCUT2D eigenvalue weighted by Crippen LogP contribution is 2.42. The molecule has 0 saturated heterocycles. The summed E-state index contributed by atoms with van der Waals surface area (Å²) in [6.45, 7) is 7.92.